The number of amides is 2. The molecule has 0 radical (unpaired) electrons. The molecule has 3 N–H and O–H groups in total. The molecule has 5 nitrogen and oxygen atoms in total. The summed E-state index contributed by atoms with van der Waals surface area (Å²) in [5.74, 6) is 0. The highest BCUT2D eigenvalue weighted by Gasteiger charge is 2.16. The number of ether oxygens (including phenoxy) is 1. The Balaban J connectivity index is 2.30. The van der Waals surface area contributed by atoms with Crippen LogP contribution in [0.1, 0.15) is 19.8 Å². The van der Waals surface area contributed by atoms with Crippen molar-refractivity contribution in [2.75, 3.05) is 32.8 Å². The van der Waals surface area contributed by atoms with Crippen LogP contribution in [0.5, 0.6) is 0 Å². The van der Waals surface area contributed by atoms with Gasteiger partial charge in [-0.05, 0) is 26.3 Å². The smallest absolute Gasteiger partial charge is 0.317 e. The van der Waals surface area contributed by atoms with Gasteiger partial charge in [0.1, 0.15) is 0 Å². The van der Waals surface area contributed by atoms with Gasteiger partial charge in [0.2, 0.25) is 0 Å². The lowest BCUT2D eigenvalue weighted by atomic mass is 10.2. The number of urea groups is 1. The van der Waals surface area contributed by atoms with Crippen molar-refractivity contribution in [1.82, 2.24) is 10.2 Å². The van der Waals surface area contributed by atoms with E-state index in [1.54, 1.807) is 4.90 Å². The Kier molecular flexibility index (Phi) is 5.42. The van der Waals surface area contributed by atoms with Crippen LogP contribution >= 0.6 is 0 Å². The van der Waals surface area contributed by atoms with E-state index in [1.165, 1.54) is 0 Å². The van der Waals surface area contributed by atoms with Gasteiger partial charge in [0.15, 0.2) is 0 Å². The lowest BCUT2D eigenvalue weighted by Crippen LogP contribution is -2.45. The van der Waals surface area contributed by atoms with Gasteiger partial charge in [-0.2, -0.15) is 0 Å². The van der Waals surface area contributed by atoms with E-state index in [4.69, 9.17) is 10.5 Å². The van der Waals surface area contributed by atoms with Gasteiger partial charge in [-0.1, -0.05) is 0 Å². The first-order chi connectivity index (χ1) is 7.24. The highest BCUT2D eigenvalue weighted by molar-refractivity contribution is 5.74. The molecule has 1 heterocycles. The average molecular weight is 215 g/mol. The molecule has 0 aromatic carbocycles. The third kappa shape index (κ3) is 4.48. The topological polar surface area (TPSA) is 67.6 Å². The Hall–Kier alpha value is -0.810. The van der Waals surface area contributed by atoms with Crippen molar-refractivity contribution < 1.29 is 9.53 Å². The second-order valence-electron chi connectivity index (χ2n) is 3.88. The molecule has 0 saturated carbocycles. The predicted octanol–water partition coefficient (Wildman–Crippen LogP) is 0.156. The number of hydrogen-bond acceptors (Lipinski definition) is 3. The number of nitrogens with two attached hydrogens (primary N) is 1. The molecular weight excluding hydrogens is 194 g/mol. The van der Waals surface area contributed by atoms with E-state index in [1.807, 2.05) is 6.92 Å². The highest BCUT2D eigenvalue weighted by Crippen LogP contribution is 2.00. The summed E-state index contributed by atoms with van der Waals surface area (Å²) >= 11 is 0. The molecular formula is C10H21N3O2. The maximum Gasteiger partial charge on any atom is 0.317 e. The fourth-order valence-electron chi connectivity index (χ4n) is 1.57. The third-order valence-electron chi connectivity index (χ3n) is 2.48. The Morgan fingerprint density at radius 3 is 3.07 bits per heavy atom. The van der Waals surface area contributed by atoms with Gasteiger partial charge in [-0.15, -0.1) is 0 Å². The van der Waals surface area contributed by atoms with Crippen molar-refractivity contribution in [2.24, 2.45) is 5.73 Å². The van der Waals surface area contributed by atoms with Crippen molar-refractivity contribution in [3.05, 3.63) is 0 Å². The SMILES string of the molecule is CC(CCN)NC(=O)N1CCCOCC1. The molecule has 1 fully saturated rings. The van der Waals surface area contributed by atoms with Crippen LogP contribution in [0.4, 0.5) is 4.79 Å². The second-order valence-corrected chi connectivity index (χ2v) is 3.88. The van der Waals surface area contributed by atoms with E-state index in [2.05, 4.69) is 5.32 Å². The lowest BCUT2D eigenvalue weighted by molar-refractivity contribution is 0.142. The molecule has 0 aromatic rings. The summed E-state index contributed by atoms with van der Waals surface area (Å²) in [7, 11) is 0. The van der Waals surface area contributed by atoms with Crippen LogP contribution in [-0.4, -0.2) is 49.8 Å². The molecule has 15 heavy (non-hydrogen) atoms. The van der Waals surface area contributed by atoms with Gasteiger partial charge in [-0.3, -0.25) is 0 Å². The first-order valence-electron chi connectivity index (χ1n) is 5.57. The Morgan fingerprint density at radius 1 is 1.53 bits per heavy atom. The zero-order valence-corrected chi connectivity index (χ0v) is 9.37. The first-order valence-corrected chi connectivity index (χ1v) is 5.57. The summed E-state index contributed by atoms with van der Waals surface area (Å²) in [5, 5.41) is 2.93. The predicted molar refractivity (Wildman–Crippen MR) is 58.7 cm³/mol. The summed E-state index contributed by atoms with van der Waals surface area (Å²) in [4.78, 5) is 13.6. The van der Waals surface area contributed by atoms with Crippen molar-refractivity contribution in [1.29, 1.82) is 0 Å². The monoisotopic (exact) mass is 215 g/mol. The van der Waals surface area contributed by atoms with Crippen LogP contribution < -0.4 is 11.1 Å². The van der Waals surface area contributed by atoms with Crippen molar-refractivity contribution in [3.63, 3.8) is 0 Å². The minimum atomic E-state index is 0.00134. The van der Waals surface area contributed by atoms with Gasteiger partial charge in [0.05, 0.1) is 6.61 Å². The van der Waals surface area contributed by atoms with Gasteiger partial charge in [0.25, 0.3) is 0 Å². The molecule has 0 bridgehead atoms. The molecule has 1 atom stereocenters. The molecule has 1 aliphatic heterocycles. The zero-order chi connectivity index (χ0) is 11.1. The van der Waals surface area contributed by atoms with E-state index < -0.39 is 0 Å². The number of hydrogen-bond donors (Lipinski definition) is 2. The van der Waals surface area contributed by atoms with Crippen LogP contribution in [0, 0.1) is 0 Å². The van der Waals surface area contributed by atoms with Crippen LogP contribution in [0.3, 0.4) is 0 Å². The zero-order valence-electron chi connectivity index (χ0n) is 9.37. The average Bonchev–Trinajstić information content (AvgIpc) is 2.45. The second kappa shape index (κ2) is 6.63. The normalized spacial score (nSPS) is 19.5. The molecule has 5 heteroatoms. The first kappa shape index (κ1) is 12.3. The Labute approximate surface area is 90.9 Å². The molecule has 1 rings (SSSR count). The minimum absolute atomic E-state index is 0.00134. The fourth-order valence-corrected chi connectivity index (χ4v) is 1.57. The molecule has 1 unspecified atom stereocenters. The summed E-state index contributed by atoms with van der Waals surface area (Å²) in [6.07, 6.45) is 1.73. The van der Waals surface area contributed by atoms with Crippen LogP contribution in [0.25, 0.3) is 0 Å². The van der Waals surface area contributed by atoms with Crippen molar-refractivity contribution >= 4 is 6.03 Å². The summed E-state index contributed by atoms with van der Waals surface area (Å²) in [6.45, 7) is 5.42. The highest BCUT2D eigenvalue weighted by atomic mass is 16.5. The molecule has 0 spiro atoms. The number of carbonyl (C=O) groups excluding carboxylic acids is 1. The Morgan fingerprint density at radius 2 is 2.33 bits per heavy atom. The van der Waals surface area contributed by atoms with E-state index in [-0.39, 0.29) is 12.1 Å². The van der Waals surface area contributed by atoms with E-state index in [9.17, 15) is 4.79 Å². The maximum absolute atomic E-state index is 11.8. The third-order valence-corrected chi connectivity index (χ3v) is 2.48. The fraction of sp³-hybridized carbons (Fsp3) is 0.900. The van der Waals surface area contributed by atoms with Crippen LogP contribution in [0.2, 0.25) is 0 Å². The quantitative estimate of drug-likeness (QED) is 0.704. The standard InChI is InChI=1S/C10H21N3O2/c1-9(3-4-11)12-10(14)13-5-2-7-15-8-6-13/h9H,2-8,11H2,1H3,(H,12,14). The Bertz CT molecular complexity index is 191. The van der Waals surface area contributed by atoms with Gasteiger partial charge >= 0.3 is 6.03 Å². The number of rotatable bonds is 3. The van der Waals surface area contributed by atoms with Gasteiger partial charge in [0, 0.05) is 25.7 Å². The number of nitrogens with zero attached hydrogens (tertiary/aromatic N) is 1. The summed E-state index contributed by atoms with van der Waals surface area (Å²) in [5.41, 5.74) is 5.42. The lowest BCUT2D eigenvalue weighted by Gasteiger charge is -2.22. The largest absolute Gasteiger partial charge is 0.380 e. The minimum Gasteiger partial charge on any atom is -0.380 e. The number of nitrogens with one attached hydrogen (secondary N) is 1. The molecule has 88 valence electrons. The number of carbonyl (C=O) groups is 1. The van der Waals surface area contributed by atoms with Crippen molar-refractivity contribution in [3.8, 4) is 0 Å². The molecule has 2 amide bonds. The van der Waals surface area contributed by atoms with Gasteiger partial charge in [-0.25, -0.2) is 4.79 Å². The van der Waals surface area contributed by atoms with Crippen LogP contribution in [-0.2, 0) is 4.74 Å². The van der Waals surface area contributed by atoms with Gasteiger partial charge < -0.3 is 20.7 Å². The molecule has 1 saturated heterocycles. The molecule has 1 aliphatic rings. The van der Waals surface area contributed by atoms with Crippen molar-refractivity contribution in [2.45, 2.75) is 25.8 Å². The molecule has 0 aliphatic carbocycles. The van der Waals surface area contributed by atoms with Crippen LogP contribution in [0.15, 0.2) is 0 Å². The maximum atomic E-state index is 11.8. The van der Waals surface area contributed by atoms with E-state index >= 15 is 0 Å². The van der Waals surface area contributed by atoms with E-state index in [0.717, 1.165) is 26.0 Å². The molecule has 0 aromatic heterocycles. The van der Waals surface area contributed by atoms with E-state index in [0.29, 0.717) is 19.7 Å². The summed E-state index contributed by atoms with van der Waals surface area (Å²) < 4.78 is 5.29. The summed E-state index contributed by atoms with van der Waals surface area (Å²) in [6, 6.07) is 0.146.